The van der Waals surface area contributed by atoms with E-state index in [1.54, 1.807) is 6.07 Å². The van der Waals surface area contributed by atoms with E-state index in [0.29, 0.717) is 18.8 Å². The summed E-state index contributed by atoms with van der Waals surface area (Å²) in [5, 5.41) is 0. The normalized spacial score (nSPS) is 25.3. The summed E-state index contributed by atoms with van der Waals surface area (Å²) in [6, 6.07) is 2.84. The van der Waals surface area contributed by atoms with Crippen LogP contribution in [0.1, 0.15) is 19.0 Å². The maximum atomic E-state index is 12.6. The summed E-state index contributed by atoms with van der Waals surface area (Å²) >= 11 is 0. The van der Waals surface area contributed by atoms with Gasteiger partial charge in [-0.25, -0.2) is 0 Å². The van der Waals surface area contributed by atoms with Gasteiger partial charge in [-0.3, -0.25) is 4.98 Å². The molecule has 2 rings (SSSR count). The van der Waals surface area contributed by atoms with Crippen molar-refractivity contribution in [1.82, 2.24) is 4.98 Å². The Bertz CT molecular complexity index is 419. The van der Waals surface area contributed by atoms with Crippen molar-refractivity contribution in [2.45, 2.75) is 25.6 Å². The fourth-order valence-electron chi connectivity index (χ4n) is 2.17. The van der Waals surface area contributed by atoms with E-state index < -0.39 is 11.9 Å². The maximum absolute atomic E-state index is 12.6. The summed E-state index contributed by atoms with van der Waals surface area (Å²) in [4.78, 5) is 5.30. The zero-order valence-electron chi connectivity index (χ0n) is 10.1. The second-order valence-electron chi connectivity index (χ2n) is 4.77. The first kappa shape index (κ1) is 13.1. The van der Waals surface area contributed by atoms with E-state index >= 15 is 0 Å². The zero-order chi connectivity index (χ0) is 13.3. The maximum Gasteiger partial charge on any atom is 0.433 e. The quantitative estimate of drug-likeness (QED) is 0.841. The van der Waals surface area contributed by atoms with Crippen LogP contribution in [0.5, 0.6) is 0 Å². The number of alkyl halides is 3. The molecule has 1 aliphatic rings. The number of rotatable bonds is 1. The van der Waals surface area contributed by atoms with Gasteiger partial charge >= 0.3 is 6.18 Å². The number of aromatic nitrogens is 1. The number of pyridine rings is 1. The van der Waals surface area contributed by atoms with Crippen molar-refractivity contribution in [2.24, 2.45) is 11.7 Å². The van der Waals surface area contributed by atoms with Gasteiger partial charge in [-0.05, 0) is 24.5 Å². The van der Waals surface area contributed by atoms with Crippen molar-refractivity contribution >= 4 is 5.69 Å². The highest BCUT2D eigenvalue weighted by Gasteiger charge is 2.33. The molecule has 1 aromatic heterocycles. The fourth-order valence-corrected chi connectivity index (χ4v) is 2.17. The summed E-state index contributed by atoms with van der Waals surface area (Å²) < 4.78 is 37.7. The lowest BCUT2D eigenvalue weighted by Gasteiger charge is -2.36. The highest BCUT2D eigenvalue weighted by atomic mass is 19.4. The van der Waals surface area contributed by atoms with E-state index in [-0.39, 0.29) is 12.0 Å². The van der Waals surface area contributed by atoms with Gasteiger partial charge in [0.1, 0.15) is 5.69 Å². The second-order valence-corrected chi connectivity index (χ2v) is 4.77. The fraction of sp³-hybridized carbons (Fsp3) is 0.583. The van der Waals surface area contributed by atoms with E-state index in [4.69, 9.17) is 5.73 Å². The lowest BCUT2D eigenvalue weighted by Crippen LogP contribution is -2.46. The molecule has 18 heavy (non-hydrogen) atoms. The highest BCUT2D eigenvalue weighted by Crippen LogP contribution is 2.31. The molecule has 100 valence electrons. The average molecular weight is 259 g/mol. The molecule has 2 N–H and O–H groups in total. The van der Waals surface area contributed by atoms with Crippen molar-refractivity contribution in [3.63, 3.8) is 0 Å². The van der Waals surface area contributed by atoms with Gasteiger partial charge in [0.2, 0.25) is 0 Å². The minimum absolute atomic E-state index is 0.130. The molecule has 2 heterocycles. The van der Waals surface area contributed by atoms with Crippen LogP contribution in [-0.2, 0) is 6.18 Å². The molecular formula is C12H16F3N3. The van der Waals surface area contributed by atoms with Gasteiger partial charge < -0.3 is 10.6 Å². The molecule has 1 aliphatic heterocycles. The third-order valence-electron chi connectivity index (χ3n) is 3.37. The SMILES string of the molecule is CC1CN(c2ccnc(C(F)(F)F)c2)CCC1N. The minimum atomic E-state index is -4.40. The van der Waals surface area contributed by atoms with Crippen LogP contribution in [0, 0.1) is 5.92 Å². The number of nitrogens with two attached hydrogens (primary N) is 1. The van der Waals surface area contributed by atoms with Gasteiger partial charge in [-0.15, -0.1) is 0 Å². The molecule has 3 nitrogen and oxygen atoms in total. The number of hydrogen-bond acceptors (Lipinski definition) is 3. The standard InChI is InChI=1S/C12H16F3N3/c1-8-7-18(5-3-10(8)16)9-2-4-17-11(6-9)12(13,14)15/h2,4,6,8,10H,3,5,7,16H2,1H3. The Kier molecular flexibility index (Phi) is 3.47. The Morgan fingerprint density at radius 1 is 1.44 bits per heavy atom. The van der Waals surface area contributed by atoms with Crippen LogP contribution in [-0.4, -0.2) is 24.1 Å². The Balaban J connectivity index is 2.19. The first-order valence-corrected chi connectivity index (χ1v) is 5.91. The van der Waals surface area contributed by atoms with Gasteiger partial charge in [0, 0.05) is 31.0 Å². The zero-order valence-corrected chi connectivity index (χ0v) is 10.1. The van der Waals surface area contributed by atoms with E-state index in [1.807, 2.05) is 11.8 Å². The van der Waals surface area contributed by atoms with Gasteiger partial charge in [0.15, 0.2) is 0 Å². The van der Waals surface area contributed by atoms with E-state index in [2.05, 4.69) is 4.98 Å². The summed E-state index contributed by atoms with van der Waals surface area (Å²) in [7, 11) is 0. The van der Waals surface area contributed by atoms with Crippen LogP contribution in [0.2, 0.25) is 0 Å². The monoisotopic (exact) mass is 259 g/mol. The molecule has 2 unspecified atom stereocenters. The number of piperidine rings is 1. The van der Waals surface area contributed by atoms with Gasteiger partial charge in [0.05, 0.1) is 0 Å². The van der Waals surface area contributed by atoms with Crippen LogP contribution >= 0.6 is 0 Å². The van der Waals surface area contributed by atoms with E-state index in [9.17, 15) is 13.2 Å². The molecule has 0 spiro atoms. The Hall–Kier alpha value is -1.30. The molecular weight excluding hydrogens is 243 g/mol. The molecule has 0 aromatic carbocycles. The number of nitrogens with zero attached hydrogens (tertiary/aromatic N) is 2. The van der Waals surface area contributed by atoms with Gasteiger partial charge in [-0.2, -0.15) is 13.2 Å². The largest absolute Gasteiger partial charge is 0.433 e. The first-order chi connectivity index (χ1) is 8.38. The Labute approximate surface area is 104 Å². The van der Waals surface area contributed by atoms with Crippen LogP contribution in [0.4, 0.5) is 18.9 Å². The third kappa shape index (κ3) is 2.75. The van der Waals surface area contributed by atoms with E-state index in [0.717, 1.165) is 12.5 Å². The Morgan fingerprint density at radius 3 is 2.78 bits per heavy atom. The molecule has 1 fully saturated rings. The average Bonchev–Trinajstić information content (AvgIpc) is 2.32. The van der Waals surface area contributed by atoms with Crippen LogP contribution < -0.4 is 10.6 Å². The van der Waals surface area contributed by atoms with Gasteiger partial charge in [0.25, 0.3) is 0 Å². The molecule has 1 saturated heterocycles. The number of anilines is 1. The van der Waals surface area contributed by atoms with Crippen LogP contribution in [0.25, 0.3) is 0 Å². The van der Waals surface area contributed by atoms with Crippen LogP contribution in [0.15, 0.2) is 18.3 Å². The molecule has 0 aliphatic carbocycles. The summed E-state index contributed by atoms with van der Waals surface area (Å²) in [6.45, 7) is 3.39. The van der Waals surface area contributed by atoms with Gasteiger partial charge in [-0.1, -0.05) is 6.92 Å². The number of halogens is 3. The summed E-state index contributed by atoms with van der Waals surface area (Å²) in [5.74, 6) is 0.279. The molecule has 0 saturated carbocycles. The lowest BCUT2D eigenvalue weighted by molar-refractivity contribution is -0.141. The topological polar surface area (TPSA) is 42.2 Å². The van der Waals surface area contributed by atoms with Crippen molar-refractivity contribution in [1.29, 1.82) is 0 Å². The molecule has 1 aromatic rings. The van der Waals surface area contributed by atoms with Crippen molar-refractivity contribution in [3.05, 3.63) is 24.0 Å². The smallest absolute Gasteiger partial charge is 0.371 e. The lowest BCUT2D eigenvalue weighted by atomic mass is 9.94. The number of hydrogen-bond donors (Lipinski definition) is 1. The van der Waals surface area contributed by atoms with Crippen LogP contribution in [0.3, 0.4) is 0 Å². The molecule has 2 atom stereocenters. The summed E-state index contributed by atoms with van der Waals surface area (Å²) in [5.41, 5.74) is 5.62. The molecule has 0 radical (unpaired) electrons. The minimum Gasteiger partial charge on any atom is -0.371 e. The predicted octanol–water partition coefficient (Wildman–Crippen LogP) is 2.27. The summed E-state index contributed by atoms with van der Waals surface area (Å²) in [6.07, 6.45) is -2.39. The second kappa shape index (κ2) is 4.76. The third-order valence-corrected chi connectivity index (χ3v) is 3.37. The van der Waals surface area contributed by atoms with E-state index in [1.165, 1.54) is 6.20 Å². The molecule has 0 bridgehead atoms. The van der Waals surface area contributed by atoms with Crippen molar-refractivity contribution < 1.29 is 13.2 Å². The first-order valence-electron chi connectivity index (χ1n) is 5.91. The van der Waals surface area contributed by atoms with Crippen molar-refractivity contribution in [2.75, 3.05) is 18.0 Å². The van der Waals surface area contributed by atoms with Crippen molar-refractivity contribution in [3.8, 4) is 0 Å². The Morgan fingerprint density at radius 2 is 2.17 bits per heavy atom. The highest BCUT2D eigenvalue weighted by molar-refractivity contribution is 5.47. The molecule has 0 amide bonds. The predicted molar refractivity (Wildman–Crippen MR) is 63.2 cm³/mol. The molecule has 6 heteroatoms.